The zero-order valence-electron chi connectivity index (χ0n) is 18.0. The maximum absolute atomic E-state index is 11.3. The van der Waals surface area contributed by atoms with Crippen LogP contribution >= 0.6 is 11.8 Å². The SMILES string of the molecule is CC(=O)Nc1ccc(-c2c(C#N)c(NCCCO)nc(SCc3cccnc3)c2C#N)cc1. The number of hydrogen-bond donors (Lipinski definition) is 3. The molecule has 0 spiro atoms. The predicted octanol–water partition coefficient (Wildman–Crippen LogP) is 3.93. The molecule has 0 radical (unpaired) electrons. The van der Waals surface area contributed by atoms with Gasteiger partial charge in [-0.2, -0.15) is 10.5 Å². The average Bonchev–Trinajstić information content (AvgIpc) is 2.83. The van der Waals surface area contributed by atoms with Gasteiger partial charge in [0.15, 0.2) is 0 Å². The first-order valence-corrected chi connectivity index (χ1v) is 11.2. The first-order valence-electron chi connectivity index (χ1n) is 10.2. The van der Waals surface area contributed by atoms with E-state index in [2.05, 4.69) is 32.7 Å². The molecule has 9 heteroatoms. The van der Waals surface area contributed by atoms with E-state index in [4.69, 9.17) is 5.11 Å². The van der Waals surface area contributed by atoms with Crippen molar-refractivity contribution < 1.29 is 9.90 Å². The number of carbonyl (C=O) groups excluding carboxylic acids is 1. The second-order valence-electron chi connectivity index (χ2n) is 7.03. The summed E-state index contributed by atoms with van der Waals surface area (Å²) in [5.41, 5.74) is 3.29. The van der Waals surface area contributed by atoms with Gasteiger partial charge in [-0.05, 0) is 35.7 Å². The summed E-state index contributed by atoms with van der Waals surface area (Å²) in [4.78, 5) is 20.0. The first-order chi connectivity index (χ1) is 16.1. The zero-order chi connectivity index (χ0) is 23.6. The molecular weight excluding hydrogens is 436 g/mol. The van der Waals surface area contributed by atoms with Crippen molar-refractivity contribution in [3.8, 4) is 23.3 Å². The Kier molecular flexibility index (Phi) is 8.36. The van der Waals surface area contributed by atoms with Gasteiger partial charge in [0, 0.05) is 49.5 Å². The van der Waals surface area contributed by atoms with Gasteiger partial charge in [0.2, 0.25) is 5.91 Å². The third kappa shape index (κ3) is 6.07. The van der Waals surface area contributed by atoms with E-state index in [1.807, 2.05) is 12.1 Å². The second kappa shape index (κ2) is 11.6. The van der Waals surface area contributed by atoms with Crippen LogP contribution in [0.4, 0.5) is 11.5 Å². The minimum Gasteiger partial charge on any atom is -0.396 e. The summed E-state index contributed by atoms with van der Waals surface area (Å²) in [5.74, 6) is 0.726. The van der Waals surface area contributed by atoms with Crippen LogP contribution in [0.3, 0.4) is 0 Å². The summed E-state index contributed by atoms with van der Waals surface area (Å²) in [6.45, 7) is 1.86. The fourth-order valence-electron chi connectivity index (χ4n) is 3.14. The molecule has 0 unspecified atom stereocenters. The molecule has 0 atom stereocenters. The largest absolute Gasteiger partial charge is 0.396 e. The van der Waals surface area contributed by atoms with Crippen LogP contribution in [0.5, 0.6) is 0 Å². The number of aliphatic hydroxyl groups excluding tert-OH is 1. The molecule has 0 saturated heterocycles. The molecule has 0 bridgehead atoms. The number of nitrogens with one attached hydrogen (secondary N) is 2. The number of anilines is 2. The van der Waals surface area contributed by atoms with Crippen molar-refractivity contribution in [1.29, 1.82) is 10.5 Å². The predicted molar refractivity (Wildman–Crippen MR) is 127 cm³/mol. The minimum absolute atomic E-state index is 0.00521. The van der Waals surface area contributed by atoms with Crippen LogP contribution in [0, 0.1) is 22.7 Å². The third-order valence-electron chi connectivity index (χ3n) is 4.61. The number of rotatable bonds is 9. The Balaban J connectivity index is 2.09. The number of nitrogens with zero attached hydrogens (tertiary/aromatic N) is 4. The van der Waals surface area contributed by atoms with Gasteiger partial charge in [-0.3, -0.25) is 9.78 Å². The van der Waals surface area contributed by atoms with Gasteiger partial charge in [-0.25, -0.2) is 4.98 Å². The van der Waals surface area contributed by atoms with Crippen molar-refractivity contribution in [3.63, 3.8) is 0 Å². The number of thioether (sulfide) groups is 1. The molecule has 3 rings (SSSR count). The Bertz CT molecular complexity index is 1200. The molecule has 2 heterocycles. The lowest BCUT2D eigenvalue weighted by Crippen LogP contribution is -2.10. The Morgan fingerprint density at radius 2 is 1.91 bits per heavy atom. The summed E-state index contributed by atoms with van der Waals surface area (Å²) < 4.78 is 0. The summed E-state index contributed by atoms with van der Waals surface area (Å²) in [6.07, 6.45) is 3.94. The third-order valence-corrected chi connectivity index (χ3v) is 5.65. The highest BCUT2D eigenvalue weighted by Crippen LogP contribution is 2.37. The molecule has 33 heavy (non-hydrogen) atoms. The molecule has 2 aromatic heterocycles. The smallest absolute Gasteiger partial charge is 0.221 e. The molecule has 8 nitrogen and oxygen atoms in total. The lowest BCUT2D eigenvalue weighted by atomic mass is 9.96. The molecule has 3 N–H and O–H groups in total. The number of aliphatic hydroxyl groups is 1. The highest BCUT2D eigenvalue weighted by Gasteiger charge is 2.22. The van der Waals surface area contributed by atoms with Crippen LogP contribution in [0.1, 0.15) is 30.0 Å². The number of carbonyl (C=O) groups is 1. The molecule has 1 amide bonds. The zero-order valence-corrected chi connectivity index (χ0v) is 18.8. The Morgan fingerprint density at radius 3 is 2.52 bits per heavy atom. The van der Waals surface area contributed by atoms with Crippen LogP contribution in [0.2, 0.25) is 0 Å². The van der Waals surface area contributed by atoms with Gasteiger partial charge in [-0.1, -0.05) is 18.2 Å². The highest BCUT2D eigenvalue weighted by atomic mass is 32.2. The number of nitriles is 2. The van der Waals surface area contributed by atoms with E-state index in [1.165, 1.54) is 18.7 Å². The van der Waals surface area contributed by atoms with Crippen molar-refractivity contribution in [3.05, 3.63) is 65.5 Å². The van der Waals surface area contributed by atoms with Gasteiger partial charge in [0.05, 0.1) is 5.56 Å². The van der Waals surface area contributed by atoms with Crippen LogP contribution in [-0.2, 0) is 10.5 Å². The standard InChI is InChI=1S/C24H22N6O2S/c1-16(32)29-19-7-5-18(6-8-19)22-20(12-25)23(28-10-3-11-31)30-24(21(22)13-26)33-15-17-4-2-9-27-14-17/h2,4-9,14,31H,3,10-11,15H2,1H3,(H,28,30)(H,29,32). The lowest BCUT2D eigenvalue weighted by Gasteiger charge is -2.16. The quantitative estimate of drug-likeness (QED) is 0.324. The van der Waals surface area contributed by atoms with E-state index in [0.717, 1.165) is 5.56 Å². The second-order valence-corrected chi connectivity index (χ2v) is 7.99. The topological polar surface area (TPSA) is 135 Å². The fraction of sp³-hybridized carbons (Fsp3) is 0.208. The van der Waals surface area contributed by atoms with Crippen molar-refractivity contribution in [2.24, 2.45) is 0 Å². The van der Waals surface area contributed by atoms with E-state index in [0.29, 0.717) is 51.9 Å². The summed E-state index contributed by atoms with van der Waals surface area (Å²) >= 11 is 1.39. The Labute approximate surface area is 196 Å². The number of hydrogen-bond acceptors (Lipinski definition) is 8. The van der Waals surface area contributed by atoms with Gasteiger partial charge in [0.25, 0.3) is 0 Å². The number of aromatic nitrogens is 2. The number of pyridine rings is 2. The van der Waals surface area contributed by atoms with Crippen LogP contribution < -0.4 is 10.6 Å². The molecular formula is C24H22N6O2S. The van der Waals surface area contributed by atoms with Gasteiger partial charge < -0.3 is 15.7 Å². The molecule has 0 fully saturated rings. The van der Waals surface area contributed by atoms with Gasteiger partial charge in [-0.15, -0.1) is 11.8 Å². The highest BCUT2D eigenvalue weighted by molar-refractivity contribution is 7.98. The van der Waals surface area contributed by atoms with E-state index >= 15 is 0 Å². The van der Waals surface area contributed by atoms with Gasteiger partial charge in [0.1, 0.15) is 28.5 Å². The molecule has 0 saturated carbocycles. The van der Waals surface area contributed by atoms with E-state index in [9.17, 15) is 15.3 Å². The Hall–Kier alpha value is -3.92. The fourth-order valence-corrected chi connectivity index (χ4v) is 4.06. The van der Waals surface area contributed by atoms with Crippen LogP contribution in [-0.4, -0.2) is 34.1 Å². The first kappa shape index (κ1) is 23.7. The number of amides is 1. The Morgan fingerprint density at radius 1 is 1.15 bits per heavy atom. The monoisotopic (exact) mass is 458 g/mol. The normalized spacial score (nSPS) is 10.2. The summed E-state index contributed by atoms with van der Waals surface area (Å²) in [6, 6.07) is 15.2. The molecule has 166 valence electrons. The van der Waals surface area contributed by atoms with E-state index in [-0.39, 0.29) is 18.1 Å². The lowest BCUT2D eigenvalue weighted by molar-refractivity contribution is -0.114. The molecule has 0 aliphatic rings. The number of benzene rings is 1. The molecule has 3 aromatic rings. The molecule has 1 aromatic carbocycles. The van der Waals surface area contributed by atoms with E-state index < -0.39 is 0 Å². The van der Waals surface area contributed by atoms with Crippen LogP contribution in [0.15, 0.2) is 53.8 Å². The maximum Gasteiger partial charge on any atom is 0.221 e. The van der Waals surface area contributed by atoms with Crippen molar-refractivity contribution in [2.75, 3.05) is 23.8 Å². The van der Waals surface area contributed by atoms with Crippen molar-refractivity contribution in [2.45, 2.75) is 24.1 Å². The summed E-state index contributed by atoms with van der Waals surface area (Å²) in [5, 5.41) is 35.4. The van der Waals surface area contributed by atoms with Crippen molar-refractivity contribution >= 4 is 29.2 Å². The summed E-state index contributed by atoms with van der Waals surface area (Å²) in [7, 11) is 0. The average molecular weight is 459 g/mol. The van der Waals surface area contributed by atoms with Gasteiger partial charge >= 0.3 is 0 Å². The molecule has 0 aliphatic carbocycles. The van der Waals surface area contributed by atoms with Crippen LogP contribution in [0.25, 0.3) is 11.1 Å². The minimum atomic E-state index is -0.188. The molecule has 0 aliphatic heterocycles. The van der Waals surface area contributed by atoms with Crippen molar-refractivity contribution in [1.82, 2.24) is 9.97 Å². The maximum atomic E-state index is 11.3. The van der Waals surface area contributed by atoms with E-state index in [1.54, 1.807) is 36.7 Å².